The second-order valence-electron chi connectivity index (χ2n) is 4.15. The minimum atomic E-state index is 0.638. The lowest BCUT2D eigenvalue weighted by atomic mass is 10.0. The van der Waals surface area contributed by atoms with Crippen molar-refractivity contribution < 1.29 is 0 Å². The van der Waals surface area contributed by atoms with Crippen molar-refractivity contribution >= 4 is 34.2 Å². The molecule has 3 rings (SSSR count). The number of aryl methyl sites for hydroxylation is 1. The molecular formula is C14H10Cl2N2. The van der Waals surface area contributed by atoms with Gasteiger partial charge in [0, 0.05) is 38.4 Å². The number of hydrogen-bond acceptors (Lipinski definition) is 1. The van der Waals surface area contributed by atoms with E-state index in [4.69, 9.17) is 23.2 Å². The average molecular weight is 277 g/mol. The maximum Gasteiger partial charge on any atom is 0.138 e. The van der Waals surface area contributed by atoms with Crippen molar-refractivity contribution in [3.05, 3.63) is 52.3 Å². The number of fused-ring (bicyclic) bond motifs is 1. The molecule has 2 heterocycles. The Labute approximate surface area is 115 Å². The van der Waals surface area contributed by atoms with E-state index in [9.17, 15) is 0 Å². The third-order valence-electron chi connectivity index (χ3n) is 2.96. The number of nitrogens with zero attached hydrogens (tertiary/aromatic N) is 1. The Morgan fingerprint density at radius 3 is 2.78 bits per heavy atom. The monoisotopic (exact) mass is 276 g/mol. The van der Waals surface area contributed by atoms with E-state index in [-0.39, 0.29) is 0 Å². The predicted molar refractivity (Wildman–Crippen MR) is 76.3 cm³/mol. The summed E-state index contributed by atoms with van der Waals surface area (Å²) in [6.45, 7) is 2.02. The number of nitrogens with one attached hydrogen (secondary N) is 1. The van der Waals surface area contributed by atoms with Gasteiger partial charge in [-0.15, -0.1) is 0 Å². The molecule has 0 aliphatic carbocycles. The molecule has 0 aliphatic rings. The minimum absolute atomic E-state index is 0.638. The van der Waals surface area contributed by atoms with Gasteiger partial charge in [0.25, 0.3) is 0 Å². The Bertz CT molecular complexity index is 732. The second kappa shape index (κ2) is 4.30. The van der Waals surface area contributed by atoms with Gasteiger partial charge in [-0.05, 0) is 31.2 Å². The summed E-state index contributed by atoms with van der Waals surface area (Å²) in [5.41, 5.74) is 3.97. The highest BCUT2D eigenvalue weighted by Crippen LogP contribution is 2.36. The molecule has 2 aromatic heterocycles. The molecule has 0 radical (unpaired) electrons. The largest absolute Gasteiger partial charge is 0.343 e. The van der Waals surface area contributed by atoms with E-state index in [0.29, 0.717) is 10.0 Å². The highest BCUT2D eigenvalue weighted by Gasteiger charge is 2.13. The molecule has 0 aliphatic heterocycles. The van der Waals surface area contributed by atoms with Crippen LogP contribution in [0.2, 0.25) is 10.0 Å². The summed E-state index contributed by atoms with van der Waals surface area (Å²) in [5, 5.41) is 2.36. The average Bonchev–Trinajstić information content (AvgIpc) is 2.66. The van der Waals surface area contributed by atoms with Crippen molar-refractivity contribution in [1.29, 1.82) is 0 Å². The van der Waals surface area contributed by atoms with Gasteiger partial charge in [-0.25, -0.2) is 4.98 Å². The first kappa shape index (κ1) is 11.6. The number of aromatic nitrogens is 2. The number of benzene rings is 1. The smallest absolute Gasteiger partial charge is 0.138 e. The van der Waals surface area contributed by atoms with Gasteiger partial charge >= 0.3 is 0 Å². The third kappa shape index (κ3) is 1.78. The quantitative estimate of drug-likeness (QED) is 0.677. The lowest BCUT2D eigenvalue weighted by Crippen LogP contribution is -1.81. The van der Waals surface area contributed by atoms with Gasteiger partial charge < -0.3 is 4.98 Å². The number of rotatable bonds is 1. The fourth-order valence-electron chi connectivity index (χ4n) is 2.19. The summed E-state index contributed by atoms with van der Waals surface area (Å²) in [5.74, 6) is 0. The molecular weight excluding hydrogens is 267 g/mol. The summed E-state index contributed by atoms with van der Waals surface area (Å²) >= 11 is 12.2. The van der Waals surface area contributed by atoms with Crippen LogP contribution in [0.25, 0.3) is 22.2 Å². The summed E-state index contributed by atoms with van der Waals surface area (Å²) in [6, 6.07) is 9.49. The van der Waals surface area contributed by atoms with Crippen LogP contribution in [0.4, 0.5) is 0 Å². The Kier molecular flexibility index (Phi) is 2.77. The Morgan fingerprint density at radius 1 is 1.17 bits per heavy atom. The fraction of sp³-hybridized carbons (Fsp3) is 0.0714. The molecule has 4 heteroatoms. The highest BCUT2D eigenvalue weighted by molar-refractivity contribution is 6.36. The summed E-state index contributed by atoms with van der Waals surface area (Å²) < 4.78 is 0. The zero-order valence-electron chi connectivity index (χ0n) is 9.67. The van der Waals surface area contributed by atoms with Gasteiger partial charge in [0.15, 0.2) is 0 Å². The van der Waals surface area contributed by atoms with E-state index in [2.05, 4.69) is 9.97 Å². The van der Waals surface area contributed by atoms with Crippen molar-refractivity contribution in [2.45, 2.75) is 6.92 Å². The van der Waals surface area contributed by atoms with Gasteiger partial charge in [0.1, 0.15) is 5.65 Å². The maximum absolute atomic E-state index is 6.27. The number of H-pyrrole nitrogens is 1. The number of aromatic amines is 1. The van der Waals surface area contributed by atoms with Gasteiger partial charge in [-0.3, -0.25) is 0 Å². The molecule has 2 nitrogen and oxygen atoms in total. The highest BCUT2D eigenvalue weighted by atomic mass is 35.5. The topological polar surface area (TPSA) is 28.7 Å². The van der Waals surface area contributed by atoms with E-state index in [1.807, 2.05) is 31.2 Å². The summed E-state index contributed by atoms with van der Waals surface area (Å²) in [6.07, 6.45) is 1.77. The van der Waals surface area contributed by atoms with Gasteiger partial charge in [0.2, 0.25) is 0 Å². The normalized spacial score (nSPS) is 11.1. The molecule has 1 aromatic carbocycles. The minimum Gasteiger partial charge on any atom is -0.343 e. The van der Waals surface area contributed by atoms with Crippen molar-refractivity contribution in [2.24, 2.45) is 0 Å². The molecule has 3 aromatic rings. The van der Waals surface area contributed by atoms with Crippen LogP contribution >= 0.6 is 23.2 Å². The van der Waals surface area contributed by atoms with Crippen molar-refractivity contribution in [1.82, 2.24) is 9.97 Å². The lowest BCUT2D eigenvalue weighted by Gasteiger charge is -2.05. The Hall–Kier alpha value is -1.51. The molecule has 0 saturated heterocycles. The molecule has 0 saturated carbocycles. The molecule has 0 bridgehead atoms. The third-order valence-corrected chi connectivity index (χ3v) is 3.51. The molecule has 0 atom stereocenters. The molecule has 0 amide bonds. The number of hydrogen-bond donors (Lipinski definition) is 1. The summed E-state index contributed by atoms with van der Waals surface area (Å²) in [4.78, 5) is 7.58. The fourth-order valence-corrected chi connectivity index (χ4v) is 2.69. The molecule has 0 spiro atoms. The van der Waals surface area contributed by atoms with Crippen LogP contribution in [0.3, 0.4) is 0 Å². The van der Waals surface area contributed by atoms with Gasteiger partial charge in [-0.2, -0.15) is 0 Å². The first-order chi connectivity index (χ1) is 8.66. The Morgan fingerprint density at radius 2 is 2.00 bits per heavy atom. The standard InChI is InChI=1S/C14H10Cl2N2/c1-8-13(10-5-4-9(15)7-12(10)16)11-3-2-6-17-14(11)18-8/h2-7H,1H3,(H,17,18). The molecule has 1 N–H and O–H groups in total. The van der Waals surface area contributed by atoms with Crippen LogP contribution in [0.1, 0.15) is 5.69 Å². The molecule has 0 fully saturated rings. The maximum atomic E-state index is 6.27. The van der Waals surface area contributed by atoms with E-state index >= 15 is 0 Å². The van der Waals surface area contributed by atoms with Crippen molar-refractivity contribution in [3.63, 3.8) is 0 Å². The van der Waals surface area contributed by atoms with E-state index < -0.39 is 0 Å². The molecule has 18 heavy (non-hydrogen) atoms. The van der Waals surface area contributed by atoms with Crippen LogP contribution in [0.5, 0.6) is 0 Å². The lowest BCUT2D eigenvalue weighted by molar-refractivity contribution is 1.25. The van der Waals surface area contributed by atoms with E-state index in [1.165, 1.54) is 0 Å². The van der Waals surface area contributed by atoms with Crippen LogP contribution in [-0.2, 0) is 0 Å². The van der Waals surface area contributed by atoms with Crippen LogP contribution < -0.4 is 0 Å². The first-order valence-electron chi connectivity index (χ1n) is 5.55. The molecule has 90 valence electrons. The predicted octanol–water partition coefficient (Wildman–Crippen LogP) is 4.85. The first-order valence-corrected chi connectivity index (χ1v) is 6.31. The van der Waals surface area contributed by atoms with Crippen LogP contribution in [0, 0.1) is 6.92 Å². The zero-order valence-corrected chi connectivity index (χ0v) is 11.2. The molecule has 0 unspecified atom stereocenters. The van der Waals surface area contributed by atoms with E-state index in [1.54, 1.807) is 12.3 Å². The van der Waals surface area contributed by atoms with E-state index in [0.717, 1.165) is 27.9 Å². The Balaban J connectivity index is 2.34. The number of halogens is 2. The SMILES string of the molecule is Cc1[nH]c2ncccc2c1-c1ccc(Cl)cc1Cl. The van der Waals surface area contributed by atoms with Crippen LogP contribution in [-0.4, -0.2) is 9.97 Å². The van der Waals surface area contributed by atoms with Crippen LogP contribution in [0.15, 0.2) is 36.5 Å². The van der Waals surface area contributed by atoms with Gasteiger partial charge in [0.05, 0.1) is 0 Å². The second-order valence-corrected chi connectivity index (χ2v) is 4.99. The summed E-state index contributed by atoms with van der Waals surface area (Å²) in [7, 11) is 0. The van der Waals surface area contributed by atoms with Gasteiger partial charge in [-0.1, -0.05) is 29.3 Å². The zero-order chi connectivity index (χ0) is 12.7. The van der Waals surface area contributed by atoms with Crippen molar-refractivity contribution in [3.8, 4) is 11.1 Å². The number of pyridine rings is 1. The van der Waals surface area contributed by atoms with Crippen molar-refractivity contribution in [2.75, 3.05) is 0 Å².